The Morgan fingerprint density at radius 1 is 1.26 bits per heavy atom. The first-order valence-corrected chi connectivity index (χ1v) is 10.7. The van der Waals surface area contributed by atoms with Crippen molar-refractivity contribution in [2.24, 2.45) is 0 Å². The maximum atomic E-state index is 12.9. The van der Waals surface area contributed by atoms with E-state index in [1.54, 1.807) is 30.0 Å². The number of esters is 1. The van der Waals surface area contributed by atoms with Crippen molar-refractivity contribution in [3.05, 3.63) is 40.3 Å². The molecule has 3 heterocycles. The number of nitrogens with zero attached hydrogens (tertiary/aromatic N) is 1. The lowest BCUT2D eigenvalue weighted by Crippen LogP contribution is -2.40. The minimum Gasteiger partial charge on any atom is -0.485 e. The number of carbonyl (C=O) groups excluding carboxylic acids is 3. The topological polar surface area (TPSA) is 103 Å². The number of para-hydroxylation sites is 2. The molecule has 1 atom stereocenters. The Hall–Kier alpha value is -3.27. The van der Waals surface area contributed by atoms with E-state index in [1.165, 1.54) is 18.4 Å². The predicted octanol–water partition coefficient (Wildman–Crippen LogP) is 2.83. The van der Waals surface area contributed by atoms with Crippen LogP contribution in [0.3, 0.4) is 0 Å². The fraction of sp³-hybridized carbons (Fsp3) is 0.381. The molecule has 2 aliphatic rings. The third-order valence-electron chi connectivity index (χ3n) is 5.01. The Labute approximate surface area is 182 Å². The number of methoxy groups -OCH3 is 1. The van der Waals surface area contributed by atoms with Crippen molar-refractivity contribution in [1.82, 2.24) is 4.90 Å². The van der Waals surface area contributed by atoms with Gasteiger partial charge in [-0.05, 0) is 31.0 Å². The lowest BCUT2D eigenvalue weighted by molar-refractivity contribution is -0.125. The van der Waals surface area contributed by atoms with Gasteiger partial charge in [-0.2, -0.15) is 0 Å². The van der Waals surface area contributed by atoms with Crippen molar-refractivity contribution in [3.63, 3.8) is 0 Å². The van der Waals surface area contributed by atoms with E-state index in [9.17, 15) is 14.4 Å². The Morgan fingerprint density at radius 3 is 2.77 bits per heavy atom. The van der Waals surface area contributed by atoms with Crippen LogP contribution in [0.2, 0.25) is 0 Å². The monoisotopic (exact) mass is 446 g/mol. The molecule has 2 aromatic rings. The molecular weight excluding hydrogens is 424 g/mol. The van der Waals surface area contributed by atoms with Crippen LogP contribution in [-0.4, -0.2) is 55.8 Å². The second-order valence-electron chi connectivity index (χ2n) is 6.92. The summed E-state index contributed by atoms with van der Waals surface area (Å²) in [5.41, 5.74) is 1.09. The van der Waals surface area contributed by atoms with Crippen molar-refractivity contribution < 1.29 is 33.3 Å². The highest BCUT2D eigenvalue weighted by atomic mass is 32.1. The van der Waals surface area contributed by atoms with Crippen LogP contribution >= 0.6 is 11.3 Å². The lowest BCUT2D eigenvalue weighted by atomic mass is 10.0. The van der Waals surface area contributed by atoms with Gasteiger partial charge in [0, 0.05) is 11.4 Å². The number of rotatable bonds is 4. The molecule has 164 valence electrons. The molecule has 31 heavy (non-hydrogen) atoms. The molecule has 1 N–H and O–H groups in total. The minimum absolute atomic E-state index is 0.0537. The summed E-state index contributed by atoms with van der Waals surface area (Å²) in [4.78, 5) is 39.8. The first kappa shape index (κ1) is 21.0. The van der Waals surface area contributed by atoms with Crippen LogP contribution in [-0.2, 0) is 27.2 Å². The summed E-state index contributed by atoms with van der Waals surface area (Å²) in [6.45, 7) is 2.80. The van der Waals surface area contributed by atoms with Gasteiger partial charge in [0.1, 0.15) is 11.6 Å². The van der Waals surface area contributed by atoms with Crippen molar-refractivity contribution in [2.45, 2.75) is 26.0 Å². The van der Waals surface area contributed by atoms with Gasteiger partial charge in [-0.3, -0.25) is 4.79 Å². The fourth-order valence-electron chi connectivity index (χ4n) is 3.52. The zero-order valence-electron chi connectivity index (χ0n) is 17.1. The second-order valence-corrected chi connectivity index (χ2v) is 8.03. The number of carbonyl (C=O) groups is 3. The number of nitrogens with one attached hydrogen (secondary N) is 1. The first-order chi connectivity index (χ1) is 15.0. The van der Waals surface area contributed by atoms with Gasteiger partial charge < -0.3 is 29.2 Å². The molecule has 0 unspecified atom stereocenters. The lowest BCUT2D eigenvalue weighted by Gasteiger charge is -2.26. The molecule has 9 nitrogen and oxygen atoms in total. The van der Waals surface area contributed by atoms with Gasteiger partial charge in [-0.1, -0.05) is 12.1 Å². The van der Waals surface area contributed by atoms with Gasteiger partial charge in [-0.15, -0.1) is 11.3 Å². The smallest absolute Gasteiger partial charge is 0.410 e. The zero-order valence-corrected chi connectivity index (χ0v) is 18.0. The molecule has 0 aliphatic carbocycles. The van der Waals surface area contributed by atoms with Crippen LogP contribution < -0.4 is 14.8 Å². The highest BCUT2D eigenvalue weighted by molar-refractivity contribution is 7.17. The number of fused-ring (bicyclic) bond motifs is 2. The molecule has 2 aliphatic heterocycles. The highest BCUT2D eigenvalue weighted by Gasteiger charge is 2.33. The number of hydrogen-bond acceptors (Lipinski definition) is 8. The van der Waals surface area contributed by atoms with E-state index >= 15 is 0 Å². The number of ether oxygens (including phenoxy) is 4. The number of hydrogen-bond donors (Lipinski definition) is 1. The summed E-state index contributed by atoms with van der Waals surface area (Å²) in [5, 5.41) is 3.16. The van der Waals surface area contributed by atoms with Gasteiger partial charge in [-0.25, -0.2) is 9.59 Å². The summed E-state index contributed by atoms with van der Waals surface area (Å²) in [5.74, 6) is 0.0918. The highest BCUT2D eigenvalue weighted by Crippen LogP contribution is 2.38. The molecule has 1 aromatic carbocycles. The van der Waals surface area contributed by atoms with Crippen molar-refractivity contribution in [3.8, 4) is 11.5 Å². The molecule has 0 saturated carbocycles. The van der Waals surface area contributed by atoms with E-state index in [2.05, 4.69) is 5.32 Å². The first-order valence-electron chi connectivity index (χ1n) is 9.85. The average molecular weight is 446 g/mol. The Morgan fingerprint density at radius 2 is 2.03 bits per heavy atom. The second kappa shape index (κ2) is 8.84. The third-order valence-corrected chi connectivity index (χ3v) is 6.14. The standard InChI is InChI=1S/C21H22N2O7S/c1-3-28-21(26)23-9-8-12-16(10-23)31-19(17(12)20(25)27-2)22-18(24)15-11-29-13-6-4-5-7-14(13)30-15/h4-7,15H,3,8-11H2,1-2H3,(H,22,24)/t15-/m1/s1. The molecule has 1 aromatic heterocycles. The van der Waals surface area contributed by atoms with E-state index in [0.29, 0.717) is 41.6 Å². The molecule has 0 bridgehead atoms. The van der Waals surface area contributed by atoms with Gasteiger partial charge in [0.2, 0.25) is 6.10 Å². The van der Waals surface area contributed by atoms with Crippen molar-refractivity contribution in [2.75, 3.05) is 32.2 Å². The van der Waals surface area contributed by atoms with Crippen molar-refractivity contribution in [1.29, 1.82) is 0 Å². The molecule has 0 spiro atoms. The molecule has 0 saturated heterocycles. The third kappa shape index (κ3) is 4.15. The summed E-state index contributed by atoms with van der Waals surface area (Å²) in [6.07, 6.45) is -0.810. The zero-order chi connectivity index (χ0) is 22.0. The predicted molar refractivity (Wildman–Crippen MR) is 112 cm³/mol. The Balaban J connectivity index is 1.55. The fourth-order valence-corrected chi connectivity index (χ4v) is 4.78. The van der Waals surface area contributed by atoms with Gasteiger partial charge in [0.15, 0.2) is 11.5 Å². The van der Waals surface area contributed by atoms with Crippen LogP contribution in [0.4, 0.5) is 9.80 Å². The quantitative estimate of drug-likeness (QED) is 0.721. The molecule has 4 rings (SSSR count). The summed E-state index contributed by atoms with van der Waals surface area (Å²) < 4.78 is 21.4. The van der Waals surface area contributed by atoms with E-state index in [-0.39, 0.29) is 13.2 Å². The van der Waals surface area contributed by atoms with Gasteiger partial charge >= 0.3 is 12.1 Å². The maximum Gasteiger partial charge on any atom is 0.410 e. The van der Waals surface area contributed by atoms with E-state index in [4.69, 9.17) is 18.9 Å². The van der Waals surface area contributed by atoms with Crippen LogP contribution in [0.1, 0.15) is 27.7 Å². The maximum absolute atomic E-state index is 12.9. The summed E-state index contributed by atoms with van der Waals surface area (Å²) in [6, 6.07) is 7.10. The molecule has 2 amide bonds. The van der Waals surface area contributed by atoms with E-state index in [0.717, 1.165) is 10.4 Å². The number of benzene rings is 1. The number of amides is 2. The minimum atomic E-state index is -0.865. The number of thiophene rings is 1. The molecule has 0 fully saturated rings. The van der Waals surface area contributed by atoms with Crippen LogP contribution in [0.15, 0.2) is 24.3 Å². The van der Waals surface area contributed by atoms with E-state index in [1.807, 2.05) is 6.07 Å². The van der Waals surface area contributed by atoms with Gasteiger partial charge in [0.25, 0.3) is 5.91 Å². The normalized spacial score (nSPS) is 16.8. The Kier molecular flexibility index (Phi) is 5.99. The summed E-state index contributed by atoms with van der Waals surface area (Å²) in [7, 11) is 1.29. The SMILES string of the molecule is CCOC(=O)N1CCc2c(sc(NC(=O)[C@H]3COc4ccccc4O3)c2C(=O)OC)C1. The van der Waals surface area contributed by atoms with Crippen LogP contribution in [0.5, 0.6) is 11.5 Å². The van der Waals surface area contributed by atoms with Crippen LogP contribution in [0.25, 0.3) is 0 Å². The molecular formula is C21H22N2O7S. The molecule has 10 heteroatoms. The molecule has 0 radical (unpaired) electrons. The Bertz CT molecular complexity index is 1020. The van der Waals surface area contributed by atoms with Gasteiger partial charge in [0.05, 0.1) is 25.8 Å². The largest absolute Gasteiger partial charge is 0.485 e. The van der Waals surface area contributed by atoms with Crippen LogP contribution in [0, 0.1) is 0 Å². The van der Waals surface area contributed by atoms with Crippen molar-refractivity contribution >= 4 is 34.3 Å². The summed E-state index contributed by atoms with van der Waals surface area (Å²) >= 11 is 1.24. The number of anilines is 1. The average Bonchev–Trinajstić information content (AvgIpc) is 3.15. The van der Waals surface area contributed by atoms with E-state index < -0.39 is 24.1 Å².